The molecule has 0 aliphatic heterocycles. The number of nitrogens with zero attached hydrogens (tertiary/aromatic N) is 5. The Morgan fingerprint density at radius 1 is 0.712 bits per heavy atom. The Morgan fingerprint density at radius 2 is 1.24 bits per heavy atom. The summed E-state index contributed by atoms with van der Waals surface area (Å²) in [6.07, 6.45) is -0.565. The van der Waals surface area contributed by atoms with Gasteiger partial charge >= 0.3 is 88.7 Å². The van der Waals surface area contributed by atoms with Gasteiger partial charge in [-0.05, 0) is 78.7 Å². The van der Waals surface area contributed by atoms with E-state index in [1.54, 1.807) is 0 Å². The molecule has 298 valence electrons. The second-order valence-electron chi connectivity index (χ2n) is 11.1. The van der Waals surface area contributed by atoms with Gasteiger partial charge in [-0.3, -0.25) is 14.1 Å². The quantitative estimate of drug-likeness (QED) is 0.0250. The van der Waals surface area contributed by atoms with Crippen LogP contribution in [0.5, 0.6) is 5.75 Å². The molecule has 0 aliphatic carbocycles. The van der Waals surface area contributed by atoms with Crippen molar-refractivity contribution in [1.82, 2.24) is 0 Å². The maximum Gasteiger partial charge on any atom is 1.00 e. The number of nitrogen functional groups attached to an aromatic ring is 1. The topological polar surface area (TPSA) is 368 Å². The number of fused-ring (bicyclic) bond motifs is 1. The second-order valence-corrected chi connectivity index (χ2v) is 19.2. The van der Waals surface area contributed by atoms with Crippen molar-refractivity contribution in [2.75, 3.05) is 11.5 Å². The van der Waals surface area contributed by atoms with Crippen LogP contribution in [0.4, 0.5) is 34.1 Å². The Morgan fingerprint density at radius 3 is 1.75 bits per heavy atom. The largest absolute Gasteiger partial charge is 1.00 e. The molecule has 0 saturated carbocycles. The normalized spacial score (nSPS) is 12.8. The first-order valence-corrected chi connectivity index (χ1v) is 22.4. The van der Waals surface area contributed by atoms with E-state index >= 15 is 0 Å². The molecule has 0 radical (unpaired) electrons. The maximum atomic E-state index is 13.8. The first-order chi connectivity index (χ1) is 25.8. The van der Waals surface area contributed by atoms with Crippen LogP contribution in [0.2, 0.25) is 0 Å². The van der Waals surface area contributed by atoms with Gasteiger partial charge < -0.3 is 20.5 Å². The van der Waals surface area contributed by atoms with Crippen LogP contribution in [0.25, 0.3) is 10.8 Å². The average Bonchev–Trinajstić information content (AvgIpc) is 3.09. The zero-order valence-electron chi connectivity index (χ0n) is 30.9. The van der Waals surface area contributed by atoms with Gasteiger partial charge in [0.1, 0.15) is 31.3 Å². The molecule has 4 N–H and O–H groups in total. The third-order valence-electron chi connectivity index (χ3n) is 7.30. The molecule has 0 aromatic heterocycles. The molecule has 59 heavy (non-hydrogen) atoms. The zero-order chi connectivity index (χ0) is 42.0. The van der Waals surface area contributed by atoms with Crippen LogP contribution in [0, 0.1) is 0 Å². The van der Waals surface area contributed by atoms with E-state index in [0.29, 0.717) is 29.0 Å². The number of sulfone groups is 2. The number of rotatable bonds is 15. The van der Waals surface area contributed by atoms with Crippen molar-refractivity contribution in [1.29, 1.82) is 0 Å². The number of aliphatic imine (C=N–C) groups is 1. The predicted octanol–water partition coefficient (Wildman–Crippen LogP) is -5.62. The molecular formula is C30H25N6Na3O15S5. The zero-order valence-corrected chi connectivity index (χ0v) is 41.0. The number of hydrogen-bond donors (Lipinski definition) is 3. The fraction of sp³-hybridized carbons (Fsp3) is 0.100. The molecule has 0 spiro atoms. The Labute approximate surface area is 404 Å². The molecule has 29 heteroatoms. The molecular weight excluding hydrogens is 914 g/mol. The van der Waals surface area contributed by atoms with Crippen LogP contribution in [-0.2, 0) is 50.0 Å². The summed E-state index contributed by atoms with van der Waals surface area (Å²) in [7, 11) is -23.6. The molecule has 0 bridgehead atoms. The molecule has 4 aromatic carbocycles. The van der Waals surface area contributed by atoms with E-state index in [1.165, 1.54) is 0 Å². The standard InChI is InChI=1S/C30H28N6O15S5.3Na/c1-3-52(39,40)13-5-6-25(37)32-19-9-12-22(54(43,44)45)21(16-19)34-36-29-24(56(49,50)51)15-17-14-23(55(46,47)48)28(27(31)26(17)30(29)38)35-33-18-7-10-20(11-8-18)53(41,42)4-2;;;/h3-4,7-12,14-16,38H,1-2,5-6,13,31H2,(H,32,37)(H,43,44,45)(H,46,47,48)(H,49,50,51);;;/q;3*+1/p-3. The first-order valence-electron chi connectivity index (χ1n) is 14.8. The van der Waals surface area contributed by atoms with Gasteiger partial charge in [-0.25, -0.2) is 25.3 Å². The van der Waals surface area contributed by atoms with Gasteiger partial charge in [-0.2, -0.15) is 21.9 Å². The fourth-order valence-corrected chi connectivity index (χ4v) is 8.01. The van der Waals surface area contributed by atoms with Crippen LogP contribution in [0.15, 0.2) is 124 Å². The van der Waals surface area contributed by atoms with Crippen LogP contribution in [0.3, 0.4) is 0 Å². The van der Waals surface area contributed by atoms with Crippen LogP contribution < -0.4 is 105 Å². The van der Waals surface area contributed by atoms with Crippen molar-refractivity contribution < 1.29 is 155 Å². The Balaban J connectivity index is 0.00000580. The molecule has 4 rings (SSSR count). The minimum atomic E-state index is -5.46. The van der Waals surface area contributed by atoms with Crippen molar-refractivity contribution in [2.45, 2.75) is 32.4 Å². The van der Waals surface area contributed by atoms with Gasteiger partial charge in [0.05, 0.1) is 38.3 Å². The van der Waals surface area contributed by atoms with E-state index < -0.39 is 122 Å². The van der Waals surface area contributed by atoms with Crippen molar-refractivity contribution in [3.63, 3.8) is 0 Å². The monoisotopic (exact) mass is 938 g/mol. The summed E-state index contributed by atoms with van der Waals surface area (Å²) < 4.78 is 153. The average molecular weight is 939 g/mol. The van der Waals surface area contributed by atoms with Gasteiger partial charge in [0.15, 0.2) is 19.7 Å². The summed E-state index contributed by atoms with van der Waals surface area (Å²) in [4.78, 5) is -0.0447. The van der Waals surface area contributed by atoms with Crippen LogP contribution >= 0.6 is 0 Å². The van der Waals surface area contributed by atoms with Gasteiger partial charge in [-0.1, -0.05) is 18.9 Å². The van der Waals surface area contributed by atoms with Crippen molar-refractivity contribution in [3.8, 4) is 5.75 Å². The minimum Gasteiger partial charge on any atom is -0.870 e. The van der Waals surface area contributed by atoms with E-state index in [2.05, 4.69) is 38.6 Å². The first kappa shape index (κ1) is 54.5. The SMILES string of the molecule is C=CS(=O)(=O)CCCC([O-])=Nc1ccc(S(=O)(=O)[O-])c(N=Nc2c(S(=O)(=O)O)cc3cc(S(=O)(=O)O)c(N=Nc4ccc(S(=O)(=O)C=C)cc4)c(N)c3c2[O-])c1.[Na+].[Na+].[Na+]. The van der Waals surface area contributed by atoms with E-state index in [1.807, 2.05) is 0 Å². The van der Waals surface area contributed by atoms with Crippen molar-refractivity contribution >= 4 is 101 Å². The van der Waals surface area contributed by atoms with Crippen LogP contribution in [-0.4, -0.2) is 67.4 Å². The van der Waals surface area contributed by atoms with Gasteiger partial charge in [0.2, 0.25) is 0 Å². The molecule has 0 aliphatic rings. The van der Waals surface area contributed by atoms with Gasteiger partial charge in [0.25, 0.3) is 20.2 Å². The molecule has 0 unspecified atom stereocenters. The molecule has 0 saturated heterocycles. The van der Waals surface area contributed by atoms with E-state index in [9.17, 15) is 66.0 Å². The number of anilines is 1. The molecule has 21 nitrogen and oxygen atoms in total. The van der Waals surface area contributed by atoms with E-state index in [0.717, 1.165) is 36.4 Å². The molecule has 0 fully saturated rings. The number of azo groups is 2. The maximum absolute atomic E-state index is 13.8. The smallest absolute Gasteiger partial charge is 0.870 e. The van der Waals surface area contributed by atoms with Crippen molar-refractivity contribution in [3.05, 3.63) is 78.6 Å². The van der Waals surface area contributed by atoms with E-state index in [-0.39, 0.29) is 111 Å². The van der Waals surface area contributed by atoms with Gasteiger partial charge in [0, 0.05) is 16.2 Å². The summed E-state index contributed by atoms with van der Waals surface area (Å²) in [6, 6.07) is 7.86. The molecule has 0 heterocycles. The van der Waals surface area contributed by atoms with Gasteiger partial charge in [-0.15, -0.1) is 15.3 Å². The molecule has 0 atom stereocenters. The molecule has 0 amide bonds. The third kappa shape index (κ3) is 13.8. The number of benzene rings is 4. The minimum absolute atomic E-state index is 0. The predicted molar refractivity (Wildman–Crippen MR) is 194 cm³/mol. The molecule has 4 aromatic rings. The summed E-state index contributed by atoms with van der Waals surface area (Å²) >= 11 is 0. The van der Waals surface area contributed by atoms with E-state index in [4.69, 9.17) is 5.73 Å². The fourth-order valence-electron chi connectivity index (χ4n) is 4.67. The third-order valence-corrected chi connectivity index (χ3v) is 12.6. The Bertz CT molecular complexity index is 2960. The Kier molecular flexibility index (Phi) is 19.5. The van der Waals surface area contributed by atoms with Crippen LogP contribution in [0.1, 0.15) is 12.8 Å². The van der Waals surface area contributed by atoms with Crippen molar-refractivity contribution in [2.24, 2.45) is 25.4 Å². The summed E-state index contributed by atoms with van der Waals surface area (Å²) in [6.45, 7) is 6.34. The summed E-state index contributed by atoms with van der Waals surface area (Å²) in [5.74, 6) is -2.82. The number of hydrogen-bond acceptors (Lipinski definition) is 19. The summed E-state index contributed by atoms with van der Waals surface area (Å²) in [5, 5.41) is 40.7. The summed E-state index contributed by atoms with van der Waals surface area (Å²) in [5.41, 5.74) is 1.82. The number of nitrogens with two attached hydrogens (primary N) is 1. The Hall–Kier alpha value is -2.48. The second kappa shape index (κ2) is 21.1.